The molecule has 3 rings (SSSR count). The minimum Gasteiger partial charge on any atom is -0.394 e. The van der Waals surface area contributed by atoms with Crippen LogP contribution in [-0.4, -0.2) is 58.9 Å². The van der Waals surface area contributed by atoms with Crippen molar-refractivity contribution in [2.24, 2.45) is 0 Å². The minimum atomic E-state index is -4.02. The van der Waals surface area contributed by atoms with Crippen molar-refractivity contribution in [2.75, 3.05) is 12.9 Å². The second kappa shape index (κ2) is 9.20. The molecule has 12 heteroatoms. The van der Waals surface area contributed by atoms with Crippen molar-refractivity contribution in [3.63, 3.8) is 0 Å². The molecule has 2 heterocycles. The van der Waals surface area contributed by atoms with Crippen LogP contribution < -0.4 is 11.2 Å². The van der Waals surface area contributed by atoms with Crippen LogP contribution in [0.15, 0.2) is 52.2 Å². The van der Waals surface area contributed by atoms with E-state index in [2.05, 4.69) is 0 Å². The molecular formula is C18H22N2O9S. The van der Waals surface area contributed by atoms with E-state index >= 15 is 0 Å². The molecule has 0 amide bonds. The van der Waals surface area contributed by atoms with Crippen LogP contribution in [0.3, 0.4) is 0 Å². The van der Waals surface area contributed by atoms with Gasteiger partial charge in [-0.05, 0) is 5.56 Å². The van der Waals surface area contributed by atoms with E-state index in [1.54, 1.807) is 0 Å². The molecule has 30 heavy (non-hydrogen) atoms. The van der Waals surface area contributed by atoms with E-state index in [4.69, 9.17) is 13.7 Å². The van der Waals surface area contributed by atoms with Gasteiger partial charge in [0.05, 0.1) is 19.5 Å². The van der Waals surface area contributed by atoms with Crippen LogP contribution in [0, 0.1) is 0 Å². The van der Waals surface area contributed by atoms with Gasteiger partial charge in [0.2, 0.25) is 0 Å². The van der Waals surface area contributed by atoms with Crippen LogP contribution in [0.5, 0.6) is 0 Å². The highest BCUT2D eigenvalue weighted by molar-refractivity contribution is 7.86. The van der Waals surface area contributed by atoms with E-state index in [9.17, 15) is 28.2 Å². The lowest BCUT2D eigenvalue weighted by Gasteiger charge is -2.21. The van der Waals surface area contributed by atoms with E-state index in [0.717, 1.165) is 33.2 Å². The van der Waals surface area contributed by atoms with E-state index in [1.807, 2.05) is 30.3 Å². The molecule has 0 saturated carbocycles. The molecule has 0 bridgehead atoms. The molecule has 11 nitrogen and oxygen atoms in total. The van der Waals surface area contributed by atoms with Gasteiger partial charge >= 0.3 is 5.69 Å². The Bertz CT molecular complexity index is 1080. The number of hydrogen-bond acceptors (Lipinski definition) is 9. The Hall–Kier alpha value is -2.35. The number of nitrogens with zero attached hydrogens (tertiary/aromatic N) is 2. The Balaban J connectivity index is 1.87. The summed E-state index contributed by atoms with van der Waals surface area (Å²) in [6.07, 6.45) is -3.69. The van der Waals surface area contributed by atoms with Crippen molar-refractivity contribution in [1.82, 2.24) is 9.13 Å². The highest BCUT2D eigenvalue weighted by Crippen LogP contribution is 2.31. The van der Waals surface area contributed by atoms with Crippen LogP contribution in [0.1, 0.15) is 11.8 Å². The van der Waals surface area contributed by atoms with E-state index in [0.29, 0.717) is 0 Å². The molecule has 1 aliphatic heterocycles. The van der Waals surface area contributed by atoms with E-state index < -0.39 is 52.5 Å². The Morgan fingerprint density at radius 3 is 2.50 bits per heavy atom. The minimum absolute atomic E-state index is 0.159. The van der Waals surface area contributed by atoms with Crippen LogP contribution in [0.25, 0.3) is 0 Å². The predicted molar refractivity (Wildman–Crippen MR) is 103 cm³/mol. The Labute approximate surface area is 171 Å². The van der Waals surface area contributed by atoms with Crippen molar-refractivity contribution in [3.8, 4) is 0 Å². The first-order valence-corrected chi connectivity index (χ1v) is 10.8. The zero-order chi connectivity index (χ0) is 21.9. The van der Waals surface area contributed by atoms with Crippen LogP contribution in [0.2, 0.25) is 0 Å². The summed E-state index contributed by atoms with van der Waals surface area (Å²) in [6, 6.07) is 10.2. The molecule has 0 radical (unpaired) electrons. The van der Waals surface area contributed by atoms with Gasteiger partial charge in [0, 0.05) is 12.3 Å². The molecule has 4 atom stereocenters. The lowest BCUT2D eigenvalue weighted by molar-refractivity contribution is -0.0534. The number of aliphatic hydroxyl groups is 2. The van der Waals surface area contributed by atoms with Gasteiger partial charge in [0.25, 0.3) is 15.7 Å². The zero-order valence-electron chi connectivity index (χ0n) is 16.0. The number of rotatable bonds is 8. The van der Waals surface area contributed by atoms with E-state index in [-0.39, 0.29) is 13.3 Å². The molecule has 1 fully saturated rings. The second-order valence-electron chi connectivity index (χ2n) is 6.74. The number of benzene rings is 1. The summed E-state index contributed by atoms with van der Waals surface area (Å²) in [5, 5.41) is 19.6. The summed E-state index contributed by atoms with van der Waals surface area (Å²) in [4.78, 5) is 25.0. The van der Waals surface area contributed by atoms with Gasteiger partial charge in [-0.3, -0.25) is 13.5 Å². The van der Waals surface area contributed by atoms with Crippen LogP contribution in [0.4, 0.5) is 0 Å². The topological polar surface area (TPSA) is 146 Å². The van der Waals surface area contributed by atoms with Gasteiger partial charge in [-0.25, -0.2) is 9.36 Å². The average Bonchev–Trinajstić information content (AvgIpc) is 2.99. The second-order valence-corrected chi connectivity index (χ2v) is 8.34. The van der Waals surface area contributed by atoms with Crippen molar-refractivity contribution >= 4 is 10.1 Å². The molecule has 1 aromatic heterocycles. The molecule has 1 saturated heterocycles. The predicted octanol–water partition coefficient (Wildman–Crippen LogP) is -1.22. The summed E-state index contributed by atoms with van der Waals surface area (Å²) >= 11 is 0. The third-order valence-corrected chi connectivity index (χ3v) is 5.05. The number of aromatic nitrogens is 2. The maximum atomic E-state index is 12.8. The van der Waals surface area contributed by atoms with Gasteiger partial charge in [0.15, 0.2) is 12.3 Å². The molecule has 1 aromatic carbocycles. The van der Waals surface area contributed by atoms with Crippen molar-refractivity contribution in [2.45, 2.75) is 37.9 Å². The zero-order valence-corrected chi connectivity index (χ0v) is 16.8. The van der Waals surface area contributed by atoms with E-state index in [1.165, 1.54) is 0 Å². The van der Waals surface area contributed by atoms with Crippen LogP contribution >= 0.6 is 0 Å². The summed E-state index contributed by atoms with van der Waals surface area (Å²) in [6.45, 7) is -0.827. The third-order valence-electron chi connectivity index (χ3n) is 4.48. The largest absolute Gasteiger partial charge is 0.394 e. The number of aliphatic hydroxyl groups excluding tert-OH is 2. The molecular weight excluding hydrogens is 420 g/mol. The summed E-state index contributed by atoms with van der Waals surface area (Å²) < 4.78 is 40.6. The first-order chi connectivity index (χ1) is 14.2. The fraction of sp³-hybridized carbons (Fsp3) is 0.444. The van der Waals surface area contributed by atoms with Gasteiger partial charge in [-0.1, -0.05) is 30.3 Å². The molecule has 0 spiro atoms. The summed E-state index contributed by atoms with van der Waals surface area (Å²) in [7, 11) is -4.02. The Morgan fingerprint density at radius 1 is 1.17 bits per heavy atom. The SMILES string of the molecule is CS(=O)(=O)O[C@@H]1[C@H](O)[C@@H](CO)O[C@H]1n1ccc(=O)n(COCc2ccccc2)c1=O. The average molecular weight is 442 g/mol. The first kappa shape index (κ1) is 22.3. The summed E-state index contributed by atoms with van der Waals surface area (Å²) in [5.41, 5.74) is -0.646. The molecule has 0 aliphatic carbocycles. The number of ether oxygens (including phenoxy) is 2. The normalized spacial score (nSPS) is 24.2. The van der Waals surface area contributed by atoms with Crippen molar-refractivity contribution in [3.05, 3.63) is 69.0 Å². The molecule has 0 unspecified atom stereocenters. The first-order valence-electron chi connectivity index (χ1n) is 8.97. The van der Waals surface area contributed by atoms with Crippen LogP contribution in [-0.2, 0) is 37.1 Å². The molecule has 2 N–H and O–H groups in total. The lowest BCUT2D eigenvalue weighted by atomic mass is 10.1. The molecule has 2 aromatic rings. The Kier molecular flexibility index (Phi) is 6.85. The van der Waals surface area contributed by atoms with Gasteiger partial charge in [-0.15, -0.1) is 0 Å². The maximum Gasteiger partial charge on any atom is 0.335 e. The monoisotopic (exact) mass is 442 g/mol. The third kappa shape index (κ3) is 5.03. The smallest absolute Gasteiger partial charge is 0.335 e. The standard InChI is InChI=1S/C18H22N2O9S/c1-30(25,26)29-16-15(23)13(9-21)28-17(16)19-8-7-14(22)20(18(19)24)11-27-10-12-5-3-2-4-6-12/h2-8,13,15-17,21,23H,9-11H2,1H3/t13-,15-,16-,17-/m1/s1. The maximum absolute atomic E-state index is 12.8. The van der Waals surface area contributed by atoms with Crippen molar-refractivity contribution in [1.29, 1.82) is 0 Å². The number of hydrogen-bond donors (Lipinski definition) is 2. The molecule has 1 aliphatic rings. The Morgan fingerprint density at radius 2 is 1.87 bits per heavy atom. The van der Waals surface area contributed by atoms with Crippen molar-refractivity contribution < 1.29 is 32.3 Å². The lowest BCUT2D eigenvalue weighted by Crippen LogP contribution is -2.44. The highest BCUT2D eigenvalue weighted by Gasteiger charge is 2.47. The fourth-order valence-corrected chi connectivity index (χ4v) is 3.68. The van der Waals surface area contributed by atoms with Gasteiger partial charge < -0.3 is 19.7 Å². The summed E-state index contributed by atoms with van der Waals surface area (Å²) in [5.74, 6) is 0. The van der Waals surface area contributed by atoms with Gasteiger partial charge in [0.1, 0.15) is 18.9 Å². The highest BCUT2D eigenvalue weighted by atomic mass is 32.2. The van der Waals surface area contributed by atoms with Gasteiger partial charge in [-0.2, -0.15) is 8.42 Å². The molecule has 164 valence electrons. The fourth-order valence-electron chi connectivity index (χ4n) is 3.07. The quantitative estimate of drug-likeness (QED) is 0.480.